The van der Waals surface area contributed by atoms with Crippen molar-refractivity contribution in [3.63, 3.8) is 0 Å². The molecule has 3 aromatic rings. The summed E-state index contributed by atoms with van der Waals surface area (Å²) in [5.74, 6) is 0.905. The highest BCUT2D eigenvalue weighted by Gasteiger charge is 2.28. The van der Waals surface area contributed by atoms with E-state index in [1.165, 1.54) is 43.4 Å². The number of rotatable bonds is 10. The lowest BCUT2D eigenvalue weighted by atomic mass is 10.2. The van der Waals surface area contributed by atoms with E-state index in [0.717, 1.165) is 0 Å². The molecule has 0 aliphatic carbocycles. The number of nitrogens with one attached hydrogen (secondary N) is 3. The number of carbonyl (C=O) groups is 1. The third-order valence-corrected chi connectivity index (χ3v) is 7.21. The largest absolute Gasteiger partial charge is 0.497 e. The van der Waals surface area contributed by atoms with Gasteiger partial charge in [0.05, 0.1) is 42.8 Å². The standard InChI is InChI=1S/C27H31N5O7S/c1-32(2)27(34)17-9-11-19(12-10-17)40(35,36)31-26-25(28-20-7-5-6-8-21(20)29-26)30-22-15-18(37-3)16-23(38-4)24(22)39-14-13-33/h5-12,15-16,25,28,30,33H,13-14H2,1-4H3,(H,29,31). The summed E-state index contributed by atoms with van der Waals surface area (Å²) in [7, 11) is 2.01. The van der Waals surface area contributed by atoms with Crippen LogP contribution >= 0.6 is 0 Å². The molecule has 40 heavy (non-hydrogen) atoms. The number of aliphatic hydroxyl groups excluding tert-OH is 1. The molecular formula is C27H31N5O7S. The van der Waals surface area contributed by atoms with Crippen molar-refractivity contribution in [2.75, 3.05) is 57.5 Å². The van der Waals surface area contributed by atoms with Crippen molar-refractivity contribution < 1.29 is 32.5 Å². The number of aliphatic hydroxyl groups is 1. The van der Waals surface area contributed by atoms with Gasteiger partial charge < -0.3 is 40.2 Å². The van der Waals surface area contributed by atoms with Crippen LogP contribution in [0.2, 0.25) is 0 Å². The Balaban J connectivity index is 1.75. The third kappa shape index (κ3) is 6.21. The van der Waals surface area contributed by atoms with E-state index in [9.17, 15) is 18.3 Å². The van der Waals surface area contributed by atoms with Crippen LogP contribution < -0.4 is 30.2 Å². The summed E-state index contributed by atoms with van der Waals surface area (Å²) < 4.78 is 47.4. The highest BCUT2D eigenvalue weighted by atomic mass is 32.2. The second kappa shape index (κ2) is 12.1. The van der Waals surface area contributed by atoms with E-state index in [-0.39, 0.29) is 29.9 Å². The second-order valence-corrected chi connectivity index (χ2v) is 10.5. The van der Waals surface area contributed by atoms with Gasteiger partial charge in [-0.25, -0.2) is 0 Å². The summed E-state index contributed by atoms with van der Waals surface area (Å²) in [5, 5.41) is 18.9. The molecule has 1 amide bonds. The first-order valence-electron chi connectivity index (χ1n) is 12.2. The molecule has 0 aromatic heterocycles. The van der Waals surface area contributed by atoms with E-state index in [4.69, 9.17) is 14.2 Å². The zero-order valence-corrected chi connectivity index (χ0v) is 23.3. The van der Waals surface area contributed by atoms with Gasteiger partial charge in [-0.1, -0.05) is 12.1 Å². The van der Waals surface area contributed by atoms with E-state index >= 15 is 0 Å². The van der Waals surface area contributed by atoms with Crippen molar-refractivity contribution in [2.45, 2.75) is 11.1 Å². The Labute approximate surface area is 232 Å². The minimum atomic E-state index is -4.19. The van der Waals surface area contributed by atoms with Gasteiger partial charge in [-0.05, 0) is 36.4 Å². The summed E-state index contributed by atoms with van der Waals surface area (Å²) in [5.41, 5.74) is 2.09. The van der Waals surface area contributed by atoms with Crippen LogP contribution in [0.15, 0.2) is 70.0 Å². The molecule has 1 unspecified atom stereocenters. The number of amides is 1. The molecule has 0 saturated heterocycles. The summed E-state index contributed by atoms with van der Waals surface area (Å²) in [6.07, 6.45) is -0.868. The molecule has 1 heterocycles. The molecule has 0 saturated carbocycles. The van der Waals surface area contributed by atoms with E-state index in [2.05, 4.69) is 20.3 Å². The Morgan fingerprint density at radius 2 is 1.75 bits per heavy atom. The van der Waals surface area contributed by atoms with Gasteiger partial charge in [0.1, 0.15) is 12.4 Å². The monoisotopic (exact) mass is 569 g/mol. The van der Waals surface area contributed by atoms with Gasteiger partial charge in [0.25, 0.3) is 15.9 Å². The van der Waals surface area contributed by atoms with Gasteiger partial charge >= 0.3 is 0 Å². The number of hydrogen-bond acceptors (Lipinski definition) is 9. The SMILES string of the molecule is COc1cc(NC2Nc3ccccc3NC2=NS(=O)(=O)c2ccc(C(=O)N(C)C)cc2)c(OCCO)c(OC)c1. The van der Waals surface area contributed by atoms with Crippen molar-refractivity contribution in [3.8, 4) is 17.2 Å². The molecule has 1 aliphatic rings. The fourth-order valence-corrected chi connectivity index (χ4v) is 4.94. The first-order valence-corrected chi connectivity index (χ1v) is 13.7. The highest BCUT2D eigenvalue weighted by molar-refractivity contribution is 7.90. The number of para-hydroxylation sites is 2. The number of fused-ring (bicyclic) bond motifs is 1. The Hall–Kier alpha value is -4.49. The summed E-state index contributed by atoms with van der Waals surface area (Å²) in [6.45, 7) is -0.229. The third-order valence-electron chi connectivity index (χ3n) is 5.91. The molecule has 13 heteroatoms. The Morgan fingerprint density at radius 3 is 2.38 bits per heavy atom. The van der Waals surface area contributed by atoms with Crippen molar-refractivity contribution in [1.29, 1.82) is 0 Å². The second-order valence-electron chi connectivity index (χ2n) is 8.85. The van der Waals surface area contributed by atoms with Crippen LogP contribution in [0.25, 0.3) is 0 Å². The fourth-order valence-electron chi connectivity index (χ4n) is 3.95. The highest BCUT2D eigenvalue weighted by Crippen LogP contribution is 2.40. The lowest BCUT2D eigenvalue weighted by Gasteiger charge is -2.31. The van der Waals surface area contributed by atoms with Gasteiger partial charge in [-0.3, -0.25) is 4.79 Å². The van der Waals surface area contributed by atoms with Crippen molar-refractivity contribution in [3.05, 3.63) is 66.2 Å². The maximum Gasteiger partial charge on any atom is 0.284 e. The van der Waals surface area contributed by atoms with Gasteiger partial charge in [0.15, 0.2) is 23.5 Å². The average Bonchev–Trinajstić information content (AvgIpc) is 2.95. The number of amidine groups is 1. The Bertz CT molecular complexity index is 1510. The normalized spacial score (nSPS) is 15.3. The zero-order valence-electron chi connectivity index (χ0n) is 22.5. The topological polar surface area (TPSA) is 151 Å². The van der Waals surface area contributed by atoms with E-state index in [1.807, 2.05) is 18.2 Å². The van der Waals surface area contributed by atoms with Gasteiger partial charge in [0.2, 0.25) is 0 Å². The van der Waals surface area contributed by atoms with Crippen LogP contribution in [-0.4, -0.2) is 77.9 Å². The van der Waals surface area contributed by atoms with Gasteiger partial charge in [-0.15, -0.1) is 4.40 Å². The number of carbonyl (C=O) groups excluding carboxylic acids is 1. The molecule has 212 valence electrons. The fraction of sp³-hybridized carbons (Fsp3) is 0.259. The zero-order chi connectivity index (χ0) is 28.9. The number of benzene rings is 3. The van der Waals surface area contributed by atoms with Crippen molar-refractivity contribution in [2.24, 2.45) is 4.40 Å². The average molecular weight is 570 g/mol. The molecule has 0 fully saturated rings. The molecule has 0 radical (unpaired) electrons. The maximum absolute atomic E-state index is 13.4. The lowest BCUT2D eigenvalue weighted by molar-refractivity contribution is 0.0827. The molecule has 12 nitrogen and oxygen atoms in total. The predicted molar refractivity (Wildman–Crippen MR) is 152 cm³/mol. The number of ether oxygens (including phenoxy) is 3. The molecule has 1 aliphatic heterocycles. The van der Waals surface area contributed by atoms with Crippen molar-refractivity contribution in [1.82, 2.24) is 4.90 Å². The Morgan fingerprint density at radius 1 is 1.05 bits per heavy atom. The minimum Gasteiger partial charge on any atom is -0.497 e. The van der Waals surface area contributed by atoms with E-state index in [1.54, 1.807) is 32.3 Å². The smallest absolute Gasteiger partial charge is 0.284 e. The molecule has 1 atom stereocenters. The number of nitrogens with zero attached hydrogens (tertiary/aromatic N) is 2. The maximum atomic E-state index is 13.4. The van der Waals surface area contributed by atoms with Gasteiger partial charge in [0, 0.05) is 31.8 Å². The van der Waals surface area contributed by atoms with Crippen molar-refractivity contribution >= 4 is 38.8 Å². The number of anilines is 3. The molecule has 3 aromatic carbocycles. The van der Waals surface area contributed by atoms with Gasteiger partial charge in [-0.2, -0.15) is 8.42 Å². The van der Waals surface area contributed by atoms with Crippen LogP contribution in [-0.2, 0) is 10.0 Å². The molecule has 0 spiro atoms. The Kier molecular flexibility index (Phi) is 8.65. The number of methoxy groups -OCH3 is 2. The quantitative estimate of drug-likeness (QED) is 0.287. The van der Waals surface area contributed by atoms with Crippen LogP contribution in [0.1, 0.15) is 10.4 Å². The predicted octanol–water partition coefficient (Wildman–Crippen LogP) is 2.84. The van der Waals surface area contributed by atoms with Crippen LogP contribution in [0.3, 0.4) is 0 Å². The first-order chi connectivity index (χ1) is 19.2. The number of sulfonamides is 1. The summed E-state index contributed by atoms with van der Waals surface area (Å²) >= 11 is 0. The summed E-state index contributed by atoms with van der Waals surface area (Å²) in [6, 6.07) is 16.1. The van der Waals surface area contributed by atoms with Crippen LogP contribution in [0.4, 0.5) is 17.1 Å². The molecular weight excluding hydrogens is 538 g/mol. The molecule has 4 rings (SSSR count). The van der Waals surface area contributed by atoms with Crippen LogP contribution in [0, 0.1) is 0 Å². The number of hydrogen-bond donors (Lipinski definition) is 4. The van der Waals surface area contributed by atoms with E-state index < -0.39 is 16.2 Å². The van der Waals surface area contributed by atoms with Crippen LogP contribution in [0.5, 0.6) is 17.2 Å². The summed E-state index contributed by atoms with van der Waals surface area (Å²) in [4.78, 5) is 13.5. The first kappa shape index (κ1) is 28.5. The molecule has 4 N–H and O–H groups in total. The lowest BCUT2D eigenvalue weighted by Crippen LogP contribution is -2.45. The minimum absolute atomic E-state index is 0.00179. The molecule has 0 bridgehead atoms. The van der Waals surface area contributed by atoms with E-state index in [0.29, 0.717) is 39.9 Å².